The van der Waals surface area contributed by atoms with Crippen molar-refractivity contribution in [2.45, 2.75) is 19.4 Å². The maximum atomic E-state index is 11.8. The summed E-state index contributed by atoms with van der Waals surface area (Å²) in [5, 5.41) is 3.33. The van der Waals surface area contributed by atoms with Gasteiger partial charge in [-0.1, -0.05) is 6.07 Å². The quantitative estimate of drug-likeness (QED) is 0.521. The Labute approximate surface area is 131 Å². The summed E-state index contributed by atoms with van der Waals surface area (Å²) in [4.78, 5) is 18.3. The number of carbonyl (C=O) groups is 1. The molecule has 0 unspecified atom stereocenters. The van der Waals surface area contributed by atoms with Crippen LogP contribution in [0.25, 0.3) is 0 Å². The van der Waals surface area contributed by atoms with E-state index in [9.17, 15) is 4.79 Å². The molecular formula is C16H23N3O3. The maximum Gasteiger partial charge on any atom is 0.341 e. The van der Waals surface area contributed by atoms with Gasteiger partial charge in [0, 0.05) is 26.7 Å². The van der Waals surface area contributed by atoms with Gasteiger partial charge in [0.05, 0.1) is 14.2 Å². The fourth-order valence-electron chi connectivity index (χ4n) is 2.58. The second kappa shape index (κ2) is 7.68. The van der Waals surface area contributed by atoms with Crippen molar-refractivity contribution < 1.29 is 14.3 Å². The lowest BCUT2D eigenvalue weighted by Crippen LogP contribution is -2.39. The van der Waals surface area contributed by atoms with Gasteiger partial charge in [-0.05, 0) is 30.5 Å². The van der Waals surface area contributed by atoms with Crippen molar-refractivity contribution in [2.24, 2.45) is 4.99 Å². The number of likely N-dealkylation sites (tertiary alicyclic amines) is 1. The molecule has 0 saturated carbocycles. The monoisotopic (exact) mass is 305 g/mol. The molecule has 0 radical (unpaired) electrons. The largest absolute Gasteiger partial charge is 0.496 e. The topological polar surface area (TPSA) is 63.2 Å². The van der Waals surface area contributed by atoms with E-state index < -0.39 is 5.97 Å². The van der Waals surface area contributed by atoms with Gasteiger partial charge in [-0.3, -0.25) is 4.99 Å². The fourth-order valence-corrected chi connectivity index (χ4v) is 2.58. The average molecular weight is 305 g/mol. The Morgan fingerprint density at radius 3 is 2.64 bits per heavy atom. The minimum atomic E-state index is -0.400. The number of aliphatic imine (C=N–C) groups is 1. The zero-order valence-electron chi connectivity index (χ0n) is 13.4. The third-order valence-electron chi connectivity index (χ3n) is 3.74. The number of hydrogen-bond donors (Lipinski definition) is 1. The van der Waals surface area contributed by atoms with Crippen LogP contribution in [0.5, 0.6) is 5.75 Å². The van der Waals surface area contributed by atoms with Crippen molar-refractivity contribution in [1.82, 2.24) is 10.2 Å². The van der Waals surface area contributed by atoms with Gasteiger partial charge in [0.25, 0.3) is 0 Å². The number of rotatable bonds is 4. The predicted molar refractivity (Wildman–Crippen MR) is 85.3 cm³/mol. The Morgan fingerprint density at radius 1 is 1.32 bits per heavy atom. The molecule has 1 aromatic carbocycles. The number of ether oxygens (including phenoxy) is 2. The van der Waals surface area contributed by atoms with Gasteiger partial charge < -0.3 is 19.7 Å². The fraction of sp³-hybridized carbons (Fsp3) is 0.500. The third kappa shape index (κ3) is 3.69. The van der Waals surface area contributed by atoms with Crippen LogP contribution in [0.3, 0.4) is 0 Å². The second-order valence-corrected chi connectivity index (χ2v) is 5.12. The lowest BCUT2D eigenvalue weighted by atomic mass is 10.1. The van der Waals surface area contributed by atoms with E-state index >= 15 is 0 Å². The molecule has 2 rings (SSSR count). The first kappa shape index (κ1) is 16.1. The van der Waals surface area contributed by atoms with Crippen molar-refractivity contribution in [1.29, 1.82) is 0 Å². The average Bonchev–Trinajstić information content (AvgIpc) is 3.09. The molecular weight excluding hydrogens is 282 g/mol. The molecule has 0 atom stereocenters. The van der Waals surface area contributed by atoms with E-state index in [0.717, 1.165) is 24.6 Å². The van der Waals surface area contributed by atoms with Crippen molar-refractivity contribution in [3.8, 4) is 5.75 Å². The molecule has 1 N–H and O–H groups in total. The van der Waals surface area contributed by atoms with Gasteiger partial charge in [-0.2, -0.15) is 0 Å². The Hall–Kier alpha value is -2.24. The number of guanidine groups is 1. The van der Waals surface area contributed by atoms with Crippen LogP contribution in [0.15, 0.2) is 23.2 Å². The highest BCUT2D eigenvalue weighted by molar-refractivity contribution is 5.92. The zero-order chi connectivity index (χ0) is 15.9. The van der Waals surface area contributed by atoms with Crippen molar-refractivity contribution in [2.75, 3.05) is 34.4 Å². The van der Waals surface area contributed by atoms with E-state index in [-0.39, 0.29) is 0 Å². The van der Waals surface area contributed by atoms with E-state index in [1.807, 2.05) is 6.07 Å². The molecule has 6 nitrogen and oxygen atoms in total. The van der Waals surface area contributed by atoms with Crippen LogP contribution in [-0.4, -0.2) is 51.2 Å². The Kier molecular flexibility index (Phi) is 5.63. The molecule has 1 aliphatic heterocycles. The Balaban J connectivity index is 2.07. The highest BCUT2D eigenvalue weighted by Crippen LogP contribution is 2.20. The summed E-state index contributed by atoms with van der Waals surface area (Å²) in [6.07, 6.45) is 2.41. The molecule has 1 aliphatic rings. The van der Waals surface area contributed by atoms with Crippen LogP contribution in [-0.2, 0) is 11.3 Å². The molecule has 0 aromatic heterocycles. The van der Waals surface area contributed by atoms with Crippen LogP contribution in [0.4, 0.5) is 0 Å². The number of nitrogens with one attached hydrogen (secondary N) is 1. The molecule has 0 amide bonds. The van der Waals surface area contributed by atoms with E-state index in [1.165, 1.54) is 27.1 Å². The minimum Gasteiger partial charge on any atom is -0.496 e. The highest BCUT2D eigenvalue weighted by Gasteiger charge is 2.16. The molecule has 120 valence electrons. The van der Waals surface area contributed by atoms with Crippen LogP contribution >= 0.6 is 0 Å². The van der Waals surface area contributed by atoms with Gasteiger partial charge in [0.2, 0.25) is 0 Å². The first-order valence-electron chi connectivity index (χ1n) is 7.40. The van der Waals surface area contributed by atoms with Gasteiger partial charge in [0.1, 0.15) is 11.3 Å². The second-order valence-electron chi connectivity index (χ2n) is 5.12. The van der Waals surface area contributed by atoms with Crippen molar-refractivity contribution in [3.05, 3.63) is 29.3 Å². The lowest BCUT2D eigenvalue weighted by Gasteiger charge is -2.21. The predicted octanol–water partition coefficient (Wildman–Crippen LogP) is 1.65. The standard InChI is InChI=1S/C16H23N3O3/c1-17-16(19-8-4-5-9-19)18-11-12-6-7-14(21-2)13(10-12)15(20)22-3/h6-7,10H,4-5,8-9,11H2,1-3H3,(H,17,18). The molecule has 0 spiro atoms. The van der Waals surface area contributed by atoms with Gasteiger partial charge in [0.15, 0.2) is 5.96 Å². The van der Waals surface area contributed by atoms with Crippen LogP contribution in [0, 0.1) is 0 Å². The van der Waals surface area contributed by atoms with E-state index in [4.69, 9.17) is 9.47 Å². The molecule has 1 saturated heterocycles. The molecule has 1 aromatic rings. The van der Waals surface area contributed by atoms with Crippen molar-refractivity contribution >= 4 is 11.9 Å². The number of benzene rings is 1. The van der Waals surface area contributed by atoms with Crippen molar-refractivity contribution in [3.63, 3.8) is 0 Å². The summed E-state index contributed by atoms with van der Waals surface area (Å²) in [6.45, 7) is 2.67. The number of methoxy groups -OCH3 is 2. The lowest BCUT2D eigenvalue weighted by molar-refractivity contribution is 0.0597. The number of esters is 1. The summed E-state index contributed by atoms with van der Waals surface area (Å²) in [7, 11) is 4.69. The number of hydrogen-bond acceptors (Lipinski definition) is 4. The highest BCUT2D eigenvalue weighted by atomic mass is 16.5. The first-order valence-corrected chi connectivity index (χ1v) is 7.40. The smallest absolute Gasteiger partial charge is 0.341 e. The minimum absolute atomic E-state index is 0.400. The summed E-state index contributed by atoms with van der Waals surface area (Å²) in [5.41, 5.74) is 1.40. The molecule has 0 aliphatic carbocycles. The number of nitrogens with zero attached hydrogens (tertiary/aromatic N) is 2. The summed E-state index contributed by atoms with van der Waals surface area (Å²) in [5.74, 6) is 1.01. The van der Waals surface area contributed by atoms with Gasteiger partial charge >= 0.3 is 5.97 Å². The summed E-state index contributed by atoms with van der Waals surface area (Å²) >= 11 is 0. The Bertz CT molecular complexity index is 552. The van der Waals surface area contributed by atoms with Crippen LogP contribution in [0.1, 0.15) is 28.8 Å². The van der Waals surface area contributed by atoms with Gasteiger partial charge in [-0.15, -0.1) is 0 Å². The van der Waals surface area contributed by atoms with E-state index in [0.29, 0.717) is 17.9 Å². The molecule has 1 heterocycles. The zero-order valence-corrected chi connectivity index (χ0v) is 13.4. The Morgan fingerprint density at radius 2 is 2.05 bits per heavy atom. The summed E-state index contributed by atoms with van der Waals surface area (Å²) < 4.78 is 9.99. The van der Waals surface area contributed by atoms with Crippen LogP contribution in [0.2, 0.25) is 0 Å². The van der Waals surface area contributed by atoms with Crippen LogP contribution < -0.4 is 10.1 Å². The maximum absolute atomic E-state index is 11.8. The SMILES string of the molecule is CN=C(NCc1ccc(OC)c(C(=O)OC)c1)N1CCCC1. The van der Waals surface area contributed by atoms with E-state index in [1.54, 1.807) is 19.2 Å². The molecule has 6 heteroatoms. The normalized spacial score (nSPS) is 14.9. The summed E-state index contributed by atoms with van der Waals surface area (Å²) in [6, 6.07) is 5.49. The first-order chi connectivity index (χ1) is 10.7. The van der Waals surface area contributed by atoms with E-state index in [2.05, 4.69) is 15.2 Å². The molecule has 0 bridgehead atoms. The number of carbonyl (C=O) groups excluding carboxylic acids is 1. The third-order valence-corrected chi connectivity index (χ3v) is 3.74. The molecule has 22 heavy (non-hydrogen) atoms. The van der Waals surface area contributed by atoms with Gasteiger partial charge in [-0.25, -0.2) is 4.79 Å². The molecule has 1 fully saturated rings.